The van der Waals surface area contributed by atoms with Gasteiger partial charge in [-0.25, -0.2) is 9.67 Å². The van der Waals surface area contributed by atoms with Crippen molar-refractivity contribution >= 4 is 18.0 Å². The topological polar surface area (TPSA) is 116 Å². The molecule has 3 aliphatic rings. The van der Waals surface area contributed by atoms with Crippen molar-refractivity contribution in [1.29, 1.82) is 0 Å². The molecule has 1 aromatic heterocycles. The number of aromatic nitrogens is 2. The molecule has 0 bridgehead atoms. The van der Waals surface area contributed by atoms with E-state index in [-0.39, 0.29) is 12.6 Å². The standard InChI is InChI=1S/C19H21N5O4/c25-9-14-15(26)16(27)19(28-14)24-17-13(7-21-24)18-22-12(8-23(18)10-20-17)6-11-4-2-1-3-5-11/h1-5,7,10,12,14-16,19,25-27H,6,8-9H2/t12-,14+,15+,16+,19+/m0/s1. The van der Waals surface area contributed by atoms with Gasteiger partial charge in [-0.05, 0) is 12.0 Å². The van der Waals surface area contributed by atoms with E-state index in [4.69, 9.17) is 9.73 Å². The van der Waals surface area contributed by atoms with E-state index < -0.39 is 24.5 Å². The third-order valence-electron chi connectivity index (χ3n) is 5.39. The molecule has 3 aliphatic heterocycles. The van der Waals surface area contributed by atoms with Crippen LogP contribution < -0.4 is 0 Å². The number of benzene rings is 1. The molecular weight excluding hydrogens is 362 g/mol. The summed E-state index contributed by atoms with van der Waals surface area (Å²) in [4.78, 5) is 11.3. The fourth-order valence-electron chi connectivity index (χ4n) is 3.96. The van der Waals surface area contributed by atoms with Crippen LogP contribution >= 0.6 is 0 Å². The van der Waals surface area contributed by atoms with Crippen molar-refractivity contribution in [3.8, 4) is 0 Å². The number of ether oxygens (including phenoxy) is 1. The molecule has 3 N–H and O–H groups in total. The minimum Gasteiger partial charge on any atom is -0.394 e. The summed E-state index contributed by atoms with van der Waals surface area (Å²) in [7, 11) is 0. The van der Waals surface area contributed by atoms with E-state index in [1.165, 1.54) is 10.2 Å². The molecule has 9 heteroatoms. The van der Waals surface area contributed by atoms with Crippen molar-refractivity contribution in [2.24, 2.45) is 9.98 Å². The van der Waals surface area contributed by atoms with Crippen molar-refractivity contribution in [2.45, 2.75) is 37.0 Å². The summed E-state index contributed by atoms with van der Waals surface area (Å²) in [5.74, 6) is 1.31. The first-order valence-corrected chi connectivity index (χ1v) is 9.28. The number of rotatable bonds is 4. The Hall–Kier alpha value is -2.59. The SMILES string of the molecule is OC[C@H]1O[C@@H](n2ncc3c2N=CN2C[C@H](Cc4ccccc4)N=C32)[C@H](O)[C@@H]1O. The van der Waals surface area contributed by atoms with Gasteiger partial charge in [0.2, 0.25) is 0 Å². The minimum atomic E-state index is -1.20. The minimum absolute atomic E-state index is 0.118. The lowest BCUT2D eigenvalue weighted by Crippen LogP contribution is -2.33. The van der Waals surface area contributed by atoms with Crippen molar-refractivity contribution < 1.29 is 20.1 Å². The van der Waals surface area contributed by atoms with Gasteiger partial charge in [0.25, 0.3) is 0 Å². The maximum absolute atomic E-state index is 10.3. The van der Waals surface area contributed by atoms with Crippen molar-refractivity contribution in [2.75, 3.05) is 13.2 Å². The van der Waals surface area contributed by atoms with E-state index in [1.54, 1.807) is 12.5 Å². The number of nitrogens with zero attached hydrogens (tertiary/aromatic N) is 5. The normalized spacial score (nSPS) is 31.0. The van der Waals surface area contributed by atoms with Gasteiger partial charge in [-0.1, -0.05) is 30.3 Å². The van der Waals surface area contributed by atoms with Gasteiger partial charge >= 0.3 is 0 Å². The Morgan fingerprint density at radius 3 is 2.71 bits per heavy atom. The molecule has 0 unspecified atom stereocenters. The molecule has 1 saturated heterocycles. The van der Waals surface area contributed by atoms with Crippen molar-refractivity contribution in [3.05, 3.63) is 47.7 Å². The van der Waals surface area contributed by atoms with Crippen LogP contribution in [-0.2, 0) is 11.2 Å². The molecule has 0 radical (unpaired) electrons. The van der Waals surface area contributed by atoms with Gasteiger partial charge in [0.05, 0.1) is 30.7 Å². The fourth-order valence-corrected chi connectivity index (χ4v) is 3.96. The van der Waals surface area contributed by atoms with E-state index >= 15 is 0 Å². The summed E-state index contributed by atoms with van der Waals surface area (Å²) in [5, 5.41) is 33.9. The lowest BCUT2D eigenvalue weighted by Gasteiger charge is -2.21. The highest BCUT2D eigenvalue weighted by Gasteiger charge is 2.45. The molecule has 9 nitrogen and oxygen atoms in total. The third-order valence-corrected chi connectivity index (χ3v) is 5.39. The van der Waals surface area contributed by atoms with Crippen LogP contribution in [0, 0.1) is 0 Å². The molecule has 146 valence electrons. The average molecular weight is 383 g/mol. The van der Waals surface area contributed by atoms with Crippen LogP contribution in [0.1, 0.15) is 17.4 Å². The zero-order chi connectivity index (χ0) is 19.3. The maximum atomic E-state index is 10.3. The molecule has 0 spiro atoms. The molecule has 28 heavy (non-hydrogen) atoms. The van der Waals surface area contributed by atoms with E-state index in [2.05, 4.69) is 22.2 Å². The Morgan fingerprint density at radius 2 is 1.96 bits per heavy atom. The summed E-state index contributed by atoms with van der Waals surface area (Å²) in [6, 6.07) is 10.4. The monoisotopic (exact) mass is 383 g/mol. The Morgan fingerprint density at radius 1 is 1.14 bits per heavy atom. The quantitative estimate of drug-likeness (QED) is 0.676. The van der Waals surface area contributed by atoms with Gasteiger partial charge in [-0.2, -0.15) is 5.10 Å². The van der Waals surface area contributed by atoms with Crippen LogP contribution in [0.25, 0.3) is 0 Å². The lowest BCUT2D eigenvalue weighted by atomic mass is 10.1. The van der Waals surface area contributed by atoms with Crippen LogP contribution in [0.15, 0.2) is 46.5 Å². The zero-order valence-electron chi connectivity index (χ0n) is 15.0. The molecule has 1 aromatic carbocycles. The zero-order valence-corrected chi connectivity index (χ0v) is 15.0. The Kier molecular flexibility index (Phi) is 4.24. The summed E-state index contributed by atoms with van der Waals surface area (Å²) in [6.07, 6.45) is 0.0454. The Labute approximate surface area is 161 Å². The van der Waals surface area contributed by atoms with Gasteiger partial charge in [0.1, 0.15) is 24.1 Å². The van der Waals surface area contributed by atoms with Crippen LogP contribution in [0.2, 0.25) is 0 Å². The number of aliphatic imine (C=N–C) groups is 2. The van der Waals surface area contributed by atoms with Gasteiger partial charge in [-0.15, -0.1) is 0 Å². The van der Waals surface area contributed by atoms with Gasteiger partial charge in [0.15, 0.2) is 12.0 Å². The predicted octanol–water partition coefficient (Wildman–Crippen LogP) is -0.159. The highest BCUT2D eigenvalue weighted by molar-refractivity contribution is 6.11. The molecule has 5 atom stereocenters. The number of aliphatic hydroxyl groups excluding tert-OH is 3. The summed E-state index contributed by atoms with van der Waals surface area (Å²) in [6.45, 7) is 0.356. The molecule has 5 rings (SSSR count). The number of amidine groups is 1. The number of hydrogen-bond acceptors (Lipinski definition) is 8. The number of hydrogen-bond donors (Lipinski definition) is 3. The number of fused-ring (bicyclic) bond motifs is 3. The van der Waals surface area contributed by atoms with Crippen LogP contribution in [0.3, 0.4) is 0 Å². The summed E-state index contributed by atoms with van der Waals surface area (Å²) in [5.41, 5.74) is 1.99. The molecule has 2 aromatic rings. The highest BCUT2D eigenvalue weighted by atomic mass is 16.6. The Balaban J connectivity index is 1.42. The van der Waals surface area contributed by atoms with E-state index in [1.807, 2.05) is 23.1 Å². The smallest absolute Gasteiger partial charge is 0.181 e. The largest absolute Gasteiger partial charge is 0.394 e. The first-order chi connectivity index (χ1) is 13.7. The lowest BCUT2D eigenvalue weighted by molar-refractivity contribution is -0.0576. The van der Waals surface area contributed by atoms with Gasteiger partial charge in [-0.3, -0.25) is 4.99 Å². The van der Waals surface area contributed by atoms with Crippen molar-refractivity contribution in [1.82, 2.24) is 14.7 Å². The first-order valence-electron chi connectivity index (χ1n) is 9.28. The summed E-state index contributed by atoms with van der Waals surface area (Å²) < 4.78 is 7.02. The first kappa shape index (κ1) is 17.5. The third kappa shape index (κ3) is 2.75. The van der Waals surface area contributed by atoms with Crippen LogP contribution in [0.4, 0.5) is 5.82 Å². The Bertz CT molecular complexity index is 928. The molecule has 4 heterocycles. The fraction of sp³-hybridized carbons (Fsp3) is 0.421. The molecule has 0 saturated carbocycles. The summed E-state index contributed by atoms with van der Waals surface area (Å²) >= 11 is 0. The molecule has 0 aliphatic carbocycles. The second-order valence-corrected chi connectivity index (χ2v) is 7.25. The number of aliphatic hydroxyl groups is 3. The van der Waals surface area contributed by atoms with E-state index in [0.29, 0.717) is 5.82 Å². The van der Waals surface area contributed by atoms with E-state index in [9.17, 15) is 15.3 Å². The molecule has 1 fully saturated rings. The van der Waals surface area contributed by atoms with E-state index in [0.717, 1.165) is 24.4 Å². The van der Waals surface area contributed by atoms with Crippen LogP contribution in [0.5, 0.6) is 0 Å². The predicted molar refractivity (Wildman–Crippen MR) is 101 cm³/mol. The van der Waals surface area contributed by atoms with Gasteiger partial charge < -0.3 is 25.0 Å². The second-order valence-electron chi connectivity index (χ2n) is 7.25. The maximum Gasteiger partial charge on any atom is 0.181 e. The van der Waals surface area contributed by atoms with Crippen LogP contribution in [-0.4, -0.2) is 79.7 Å². The van der Waals surface area contributed by atoms with Crippen molar-refractivity contribution in [3.63, 3.8) is 0 Å². The highest BCUT2D eigenvalue weighted by Crippen LogP contribution is 2.36. The molecule has 0 amide bonds. The second kappa shape index (κ2) is 6.78. The van der Waals surface area contributed by atoms with Gasteiger partial charge in [0, 0.05) is 6.54 Å². The molecular formula is C19H21N5O4. The average Bonchev–Trinajstić information content (AvgIpc) is 3.38.